The van der Waals surface area contributed by atoms with Gasteiger partial charge >= 0.3 is 0 Å². The van der Waals surface area contributed by atoms with Crippen LogP contribution < -0.4 is 5.32 Å². The normalized spacial score (nSPS) is 18.2. The lowest BCUT2D eigenvalue weighted by molar-refractivity contribution is 0.0942. The summed E-state index contributed by atoms with van der Waals surface area (Å²) >= 11 is 0. The Kier molecular flexibility index (Phi) is 3.86. The number of aromatic nitrogens is 3. The Balaban J connectivity index is 1.84. The van der Waals surface area contributed by atoms with Crippen LogP contribution >= 0.6 is 0 Å². The molecule has 3 aromatic rings. The van der Waals surface area contributed by atoms with Gasteiger partial charge in [0, 0.05) is 19.3 Å². The minimum absolute atomic E-state index is 0.0611. The Labute approximate surface area is 141 Å². The summed E-state index contributed by atoms with van der Waals surface area (Å²) in [7, 11) is 4.09. The molecule has 0 aliphatic carbocycles. The number of hydrogen-bond acceptors (Lipinski definition) is 4. The van der Waals surface area contributed by atoms with Crippen molar-refractivity contribution in [3.05, 3.63) is 36.2 Å². The fourth-order valence-electron chi connectivity index (χ4n) is 3.45. The van der Waals surface area contributed by atoms with Crippen molar-refractivity contribution in [3.63, 3.8) is 0 Å². The Bertz CT molecular complexity index is 885. The first-order chi connectivity index (χ1) is 11.6. The number of nitrogens with one attached hydrogen (secondary N) is 1. The van der Waals surface area contributed by atoms with E-state index < -0.39 is 0 Å². The van der Waals surface area contributed by atoms with Crippen LogP contribution in [0.2, 0.25) is 0 Å². The van der Waals surface area contributed by atoms with E-state index in [9.17, 15) is 4.79 Å². The average Bonchev–Trinajstić information content (AvgIpc) is 3.28. The quantitative estimate of drug-likeness (QED) is 0.727. The number of carbonyl (C=O) groups is 1. The standard InChI is InChI=1S/C18H23N5O/c1-21(2)10-11-22-16(17(24)14-7-5-9-19-14)12-23-15-8-4-3-6-13(15)20-18(22)23/h3-4,6,8,12,14,19H,5,7,9-11H2,1-2H3. The molecule has 6 nitrogen and oxygen atoms in total. The summed E-state index contributed by atoms with van der Waals surface area (Å²) in [6, 6.07) is 8.00. The number of Topliss-reactive ketones (excluding diaryl/α,β-unsaturated/α-hetero) is 1. The maximum atomic E-state index is 13.0. The van der Waals surface area contributed by atoms with Crippen molar-refractivity contribution in [2.24, 2.45) is 0 Å². The van der Waals surface area contributed by atoms with Crippen LogP contribution in [0.25, 0.3) is 16.8 Å². The summed E-state index contributed by atoms with van der Waals surface area (Å²) in [4.78, 5) is 19.9. The number of benzene rings is 1. The molecule has 0 radical (unpaired) electrons. The third-order valence-electron chi connectivity index (χ3n) is 4.76. The van der Waals surface area contributed by atoms with Crippen LogP contribution in [0.5, 0.6) is 0 Å². The molecule has 1 aliphatic rings. The molecule has 6 heteroatoms. The lowest BCUT2D eigenvalue weighted by atomic mass is 10.1. The third kappa shape index (κ3) is 2.52. The molecule has 126 valence electrons. The molecule has 3 heterocycles. The van der Waals surface area contributed by atoms with Crippen LogP contribution in [0.15, 0.2) is 30.5 Å². The highest BCUT2D eigenvalue weighted by Crippen LogP contribution is 2.22. The number of nitrogens with zero attached hydrogens (tertiary/aromatic N) is 4. The lowest BCUT2D eigenvalue weighted by Crippen LogP contribution is -2.32. The second kappa shape index (κ2) is 6.03. The van der Waals surface area contributed by atoms with E-state index in [-0.39, 0.29) is 11.8 Å². The van der Waals surface area contributed by atoms with Crippen molar-refractivity contribution in [2.45, 2.75) is 25.4 Å². The second-order valence-electron chi connectivity index (χ2n) is 6.75. The Hall–Kier alpha value is -2.18. The molecule has 1 fully saturated rings. The van der Waals surface area contributed by atoms with Gasteiger partial charge in [-0.15, -0.1) is 0 Å². The van der Waals surface area contributed by atoms with E-state index in [1.807, 2.05) is 49.0 Å². The second-order valence-corrected chi connectivity index (χ2v) is 6.75. The predicted molar refractivity (Wildman–Crippen MR) is 94.6 cm³/mol. The van der Waals surface area contributed by atoms with E-state index in [4.69, 9.17) is 4.98 Å². The highest BCUT2D eigenvalue weighted by Gasteiger charge is 2.27. The molecule has 1 N–H and O–H groups in total. The Morgan fingerprint density at radius 2 is 2.21 bits per heavy atom. The maximum Gasteiger partial charge on any atom is 0.215 e. The first-order valence-corrected chi connectivity index (χ1v) is 8.54. The molecule has 1 atom stereocenters. The molecule has 0 saturated carbocycles. The SMILES string of the molecule is CN(C)CCn1c(C(=O)C2CCCN2)cn2c3ccccc3nc12. The molecular weight excluding hydrogens is 302 g/mol. The molecule has 0 spiro atoms. The molecule has 1 unspecified atom stereocenters. The van der Waals surface area contributed by atoms with Crippen molar-refractivity contribution in [1.29, 1.82) is 0 Å². The number of imidazole rings is 2. The predicted octanol–water partition coefficient (Wildman–Crippen LogP) is 1.79. The first kappa shape index (κ1) is 15.4. The van der Waals surface area contributed by atoms with Crippen molar-refractivity contribution >= 4 is 22.6 Å². The van der Waals surface area contributed by atoms with Crippen LogP contribution in [-0.2, 0) is 6.54 Å². The van der Waals surface area contributed by atoms with Crippen molar-refractivity contribution in [3.8, 4) is 0 Å². The van der Waals surface area contributed by atoms with Crippen LogP contribution in [-0.4, -0.2) is 57.9 Å². The first-order valence-electron chi connectivity index (χ1n) is 8.54. The maximum absolute atomic E-state index is 13.0. The van der Waals surface area contributed by atoms with Crippen LogP contribution in [0.3, 0.4) is 0 Å². The molecule has 1 aliphatic heterocycles. The largest absolute Gasteiger partial charge is 0.308 e. The minimum Gasteiger partial charge on any atom is -0.308 e. The number of ketones is 1. The van der Waals surface area contributed by atoms with Crippen LogP contribution in [0.1, 0.15) is 23.3 Å². The number of fused-ring (bicyclic) bond motifs is 3. The van der Waals surface area contributed by atoms with E-state index in [2.05, 4.69) is 14.8 Å². The molecule has 24 heavy (non-hydrogen) atoms. The van der Waals surface area contributed by atoms with Crippen molar-refractivity contribution < 1.29 is 4.79 Å². The van der Waals surface area contributed by atoms with Gasteiger partial charge in [0.25, 0.3) is 0 Å². The molecule has 1 aromatic carbocycles. The van der Waals surface area contributed by atoms with Gasteiger partial charge in [-0.05, 0) is 45.6 Å². The summed E-state index contributed by atoms with van der Waals surface area (Å²) in [6.07, 6.45) is 3.94. The smallest absolute Gasteiger partial charge is 0.215 e. The zero-order valence-corrected chi connectivity index (χ0v) is 14.2. The van der Waals surface area contributed by atoms with Crippen molar-refractivity contribution in [1.82, 2.24) is 24.2 Å². The number of likely N-dealkylation sites (N-methyl/N-ethyl adjacent to an activating group) is 1. The van der Waals surface area contributed by atoms with Gasteiger partial charge < -0.3 is 14.8 Å². The number of carbonyl (C=O) groups excluding carboxylic acids is 1. The topological polar surface area (TPSA) is 54.6 Å². The molecule has 2 aromatic heterocycles. The fourth-order valence-corrected chi connectivity index (χ4v) is 3.45. The van der Waals surface area contributed by atoms with E-state index >= 15 is 0 Å². The van der Waals surface area contributed by atoms with Gasteiger partial charge in [0.05, 0.1) is 17.1 Å². The fraction of sp³-hybridized carbons (Fsp3) is 0.444. The highest BCUT2D eigenvalue weighted by molar-refractivity contribution is 6.00. The third-order valence-corrected chi connectivity index (χ3v) is 4.76. The Morgan fingerprint density at radius 3 is 2.96 bits per heavy atom. The Morgan fingerprint density at radius 1 is 1.38 bits per heavy atom. The van der Waals surface area contributed by atoms with E-state index in [1.165, 1.54) is 0 Å². The summed E-state index contributed by atoms with van der Waals surface area (Å²) < 4.78 is 4.12. The summed E-state index contributed by atoms with van der Waals surface area (Å²) in [5.74, 6) is 1.03. The molecule has 1 saturated heterocycles. The summed E-state index contributed by atoms with van der Waals surface area (Å²) in [6.45, 7) is 2.54. The zero-order chi connectivity index (χ0) is 16.7. The number of para-hydroxylation sites is 2. The van der Waals surface area contributed by atoms with Gasteiger partial charge in [0.1, 0.15) is 5.69 Å². The highest BCUT2D eigenvalue weighted by atomic mass is 16.1. The molecule has 0 amide bonds. The van der Waals surface area contributed by atoms with Crippen LogP contribution in [0.4, 0.5) is 0 Å². The van der Waals surface area contributed by atoms with Gasteiger partial charge in [0.15, 0.2) is 5.78 Å². The van der Waals surface area contributed by atoms with Crippen molar-refractivity contribution in [2.75, 3.05) is 27.2 Å². The van der Waals surface area contributed by atoms with E-state index in [1.54, 1.807) is 0 Å². The number of hydrogen-bond donors (Lipinski definition) is 1. The van der Waals surface area contributed by atoms with E-state index in [0.717, 1.165) is 55.0 Å². The van der Waals surface area contributed by atoms with Gasteiger partial charge in [-0.3, -0.25) is 9.20 Å². The molecule has 0 bridgehead atoms. The van der Waals surface area contributed by atoms with Gasteiger partial charge in [-0.25, -0.2) is 4.98 Å². The van der Waals surface area contributed by atoms with Gasteiger partial charge in [-0.1, -0.05) is 12.1 Å². The minimum atomic E-state index is -0.0611. The lowest BCUT2D eigenvalue weighted by Gasteiger charge is -2.14. The molecular formula is C18H23N5O. The average molecular weight is 325 g/mol. The van der Waals surface area contributed by atoms with Gasteiger partial charge in [-0.2, -0.15) is 0 Å². The van der Waals surface area contributed by atoms with Gasteiger partial charge in [0.2, 0.25) is 5.78 Å². The summed E-state index contributed by atoms with van der Waals surface area (Å²) in [5, 5.41) is 3.32. The molecule has 4 rings (SSSR count). The van der Waals surface area contributed by atoms with E-state index in [0.29, 0.717) is 0 Å². The number of rotatable bonds is 5. The summed E-state index contributed by atoms with van der Waals surface area (Å²) in [5.41, 5.74) is 2.76. The monoisotopic (exact) mass is 325 g/mol. The zero-order valence-electron chi connectivity index (χ0n) is 14.2. The van der Waals surface area contributed by atoms with Crippen LogP contribution in [0, 0.1) is 0 Å².